The van der Waals surface area contributed by atoms with Crippen molar-refractivity contribution in [2.24, 2.45) is 0 Å². The summed E-state index contributed by atoms with van der Waals surface area (Å²) in [5, 5.41) is 0.496. The lowest BCUT2D eigenvalue weighted by Gasteiger charge is -1.99. The lowest BCUT2D eigenvalue weighted by atomic mass is 10.4. The third-order valence-electron chi connectivity index (χ3n) is 2.15. The number of hydrogen-bond acceptors (Lipinski definition) is 3. The van der Waals surface area contributed by atoms with E-state index < -0.39 is 0 Å². The summed E-state index contributed by atoms with van der Waals surface area (Å²) in [6, 6.07) is 3.68. The highest BCUT2D eigenvalue weighted by molar-refractivity contribution is 5.75. The van der Waals surface area contributed by atoms with Gasteiger partial charge in [-0.15, -0.1) is 0 Å². The Morgan fingerprint density at radius 3 is 3.29 bits per heavy atom. The van der Waals surface area contributed by atoms with Gasteiger partial charge in [-0.25, -0.2) is 9.97 Å². The predicted octanol–water partition coefficient (Wildman–Crippen LogP) is 0.571. The molecule has 0 aliphatic rings. The van der Waals surface area contributed by atoms with Gasteiger partial charge in [-0.2, -0.15) is 0 Å². The molecular formula is C9H6N4O. The fourth-order valence-electron chi connectivity index (χ4n) is 1.53. The molecule has 14 heavy (non-hydrogen) atoms. The molecule has 0 aromatic carbocycles. The summed E-state index contributed by atoms with van der Waals surface area (Å²) in [4.78, 5) is 22.2. The van der Waals surface area contributed by atoms with Crippen LogP contribution in [0.3, 0.4) is 0 Å². The molecule has 3 rings (SSSR count). The standard InChI is InChI=1S/C9H6N4O/c14-9-6-4-10-5-11-8(6)13-3-1-2-7(13)12-9/h1-5H,(H,12,14). The summed E-state index contributed by atoms with van der Waals surface area (Å²) in [5.74, 6) is 0. The highest BCUT2D eigenvalue weighted by atomic mass is 16.1. The van der Waals surface area contributed by atoms with Crippen LogP contribution in [0.1, 0.15) is 0 Å². The lowest BCUT2D eigenvalue weighted by molar-refractivity contribution is 1.09. The number of fused-ring (bicyclic) bond motifs is 3. The first-order valence-corrected chi connectivity index (χ1v) is 4.15. The van der Waals surface area contributed by atoms with Gasteiger partial charge >= 0.3 is 0 Å². The molecule has 0 fully saturated rings. The van der Waals surface area contributed by atoms with Crippen LogP contribution in [0.2, 0.25) is 0 Å². The van der Waals surface area contributed by atoms with Crippen molar-refractivity contribution in [3.63, 3.8) is 0 Å². The van der Waals surface area contributed by atoms with E-state index >= 15 is 0 Å². The Bertz CT molecular complexity index is 667. The van der Waals surface area contributed by atoms with Crippen LogP contribution in [-0.2, 0) is 0 Å². The lowest BCUT2D eigenvalue weighted by Crippen LogP contribution is -2.10. The summed E-state index contributed by atoms with van der Waals surface area (Å²) < 4.78 is 1.82. The first-order valence-electron chi connectivity index (χ1n) is 4.15. The van der Waals surface area contributed by atoms with Crippen molar-refractivity contribution >= 4 is 16.7 Å². The number of nitrogens with zero attached hydrogens (tertiary/aromatic N) is 3. The molecule has 0 bridgehead atoms. The molecule has 0 aliphatic heterocycles. The van der Waals surface area contributed by atoms with Crippen LogP contribution in [-0.4, -0.2) is 19.4 Å². The maximum atomic E-state index is 11.5. The summed E-state index contributed by atoms with van der Waals surface area (Å²) in [7, 11) is 0. The fourth-order valence-corrected chi connectivity index (χ4v) is 1.53. The van der Waals surface area contributed by atoms with Gasteiger partial charge in [0.2, 0.25) is 0 Å². The predicted molar refractivity (Wildman–Crippen MR) is 51.1 cm³/mol. The van der Waals surface area contributed by atoms with Crippen LogP contribution < -0.4 is 5.56 Å². The third kappa shape index (κ3) is 0.806. The summed E-state index contributed by atoms with van der Waals surface area (Å²) in [6.45, 7) is 0. The molecule has 0 atom stereocenters. The monoisotopic (exact) mass is 186 g/mol. The minimum atomic E-state index is -0.160. The zero-order valence-electron chi connectivity index (χ0n) is 7.14. The number of H-pyrrole nitrogens is 1. The van der Waals surface area contributed by atoms with E-state index in [9.17, 15) is 4.79 Å². The van der Waals surface area contributed by atoms with E-state index in [1.807, 2.05) is 22.7 Å². The Morgan fingerprint density at radius 2 is 2.36 bits per heavy atom. The molecule has 0 unspecified atom stereocenters. The Labute approximate surface area is 78.1 Å². The Balaban J connectivity index is 2.74. The van der Waals surface area contributed by atoms with Crippen LogP contribution >= 0.6 is 0 Å². The average Bonchev–Trinajstić information content (AvgIpc) is 2.66. The van der Waals surface area contributed by atoms with Crippen molar-refractivity contribution < 1.29 is 0 Å². The summed E-state index contributed by atoms with van der Waals surface area (Å²) in [6.07, 6.45) is 4.79. The molecule has 0 spiro atoms. The van der Waals surface area contributed by atoms with Crippen molar-refractivity contribution in [2.75, 3.05) is 0 Å². The largest absolute Gasteiger partial charge is 0.307 e. The quantitative estimate of drug-likeness (QED) is 0.558. The van der Waals surface area contributed by atoms with Gasteiger partial charge in [0, 0.05) is 12.4 Å². The number of aromatic amines is 1. The van der Waals surface area contributed by atoms with Gasteiger partial charge in [0.25, 0.3) is 5.56 Å². The molecule has 0 saturated heterocycles. The number of nitrogens with one attached hydrogen (secondary N) is 1. The maximum absolute atomic E-state index is 11.5. The first kappa shape index (κ1) is 7.25. The fraction of sp³-hybridized carbons (Fsp3) is 0. The first-order chi connectivity index (χ1) is 6.86. The SMILES string of the molecule is O=c1[nH]c2cccn2c2ncncc12. The maximum Gasteiger partial charge on any atom is 0.262 e. The van der Waals surface area contributed by atoms with E-state index in [2.05, 4.69) is 15.0 Å². The molecule has 1 N–H and O–H groups in total. The minimum Gasteiger partial charge on any atom is -0.307 e. The minimum absolute atomic E-state index is 0.160. The summed E-state index contributed by atoms with van der Waals surface area (Å²) >= 11 is 0. The zero-order valence-corrected chi connectivity index (χ0v) is 7.14. The third-order valence-corrected chi connectivity index (χ3v) is 2.15. The van der Waals surface area contributed by atoms with E-state index in [0.29, 0.717) is 11.0 Å². The van der Waals surface area contributed by atoms with E-state index in [1.54, 1.807) is 0 Å². The molecule has 3 heterocycles. The second-order valence-corrected chi connectivity index (χ2v) is 2.98. The summed E-state index contributed by atoms with van der Waals surface area (Å²) in [5.41, 5.74) is 1.21. The van der Waals surface area contributed by atoms with Gasteiger partial charge in [-0.05, 0) is 12.1 Å². The highest BCUT2D eigenvalue weighted by Gasteiger charge is 2.03. The van der Waals surface area contributed by atoms with Crippen molar-refractivity contribution in [3.8, 4) is 0 Å². The van der Waals surface area contributed by atoms with Crippen LogP contribution in [0.25, 0.3) is 16.7 Å². The van der Waals surface area contributed by atoms with E-state index in [-0.39, 0.29) is 5.56 Å². The molecule has 0 aliphatic carbocycles. The Kier molecular flexibility index (Phi) is 1.25. The van der Waals surface area contributed by atoms with Gasteiger partial charge in [0.15, 0.2) is 5.65 Å². The van der Waals surface area contributed by atoms with Crippen molar-refractivity contribution in [2.45, 2.75) is 0 Å². The van der Waals surface area contributed by atoms with Crippen LogP contribution in [0.4, 0.5) is 0 Å². The van der Waals surface area contributed by atoms with Gasteiger partial charge < -0.3 is 4.98 Å². The van der Waals surface area contributed by atoms with Crippen LogP contribution in [0, 0.1) is 0 Å². The van der Waals surface area contributed by atoms with E-state index in [0.717, 1.165) is 5.65 Å². The molecule has 0 radical (unpaired) electrons. The van der Waals surface area contributed by atoms with Crippen molar-refractivity contribution in [1.29, 1.82) is 0 Å². The van der Waals surface area contributed by atoms with Gasteiger partial charge in [-0.3, -0.25) is 9.20 Å². The van der Waals surface area contributed by atoms with Crippen LogP contribution in [0.5, 0.6) is 0 Å². The van der Waals surface area contributed by atoms with Crippen LogP contribution in [0.15, 0.2) is 35.6 Å². The molecule has 0 amide bonds. The average molecular weight is 186 g/mol. The van der Waals surface area contributed by atoms with E-state index in [4.69, 9.17) is 0 Å². The topological polar surface area (TPSA) is 63.0 Å². The second-order valence-electron chi connectivity index (χ2n) is 2.98. The molecular weight excluding hydrogens is 180 g/mol. The molecule has 0 saturated carbocycles. The molecule has 3 aromatic rings. The number of aromatic nitrogens is 4. The number of rotatable bonds is 0. The molecule has 68 valence electrons. The Morgan fingerprint density at radius 1 is 1.43 bits per heavy atom. The normalized spacial score (nSPS) is 11.1. The molecule has 5 heteroatoms. The molecule has 3 aromatic heterocycles. The van der Waals surface area contributed by atoms with Crippen molar-refractivity contribution in [3.05, 3.63) is 41.2 Å². The molecule has 5 nitrogen and oxygen atoms in total. The van der Waals surface area contributed by atoms with E-state index in [1.165, 1.54) is 12.5 Å². The second kappa shape index (κ2) is 2.41. The van der Waals surface area contributed by atoms with Gasteiger partial charge in [-0.1, -0.05) is 0 Å². The zero-order chi connectivity index (χ0) is 9.54. The Hall–Kier alpha value is -2.17. The smallest absolute Gasteiger partial charge is 0.262 e. The van der Waals surface area contributed by atoms with Crippen molar-refractivity contribution in [1.82, 2.24) is 19.4 Å². The van der Waals surface area contributed by atoms with Gasteiger partial charge in [0.1, 0.15) is 17.4 Å². The highest BCUT2D eigenvalue weighted by Crippen LogP contribution is 2.07. The number of hydrogen-bond donors (Lipinski definition) is 1. The van der Waals surface area contributed by atoms with Gasteiger partial charge in [0.05, 0.1) is 0 Å².